The van der Waals surface area contributed by atoms with Crippen molar-refractivity contribution in [1.29, 1.82) is 0 Å². The summed E-state index contributed by atoms with van der Waals surface area (Å²) in [4.78, 5) is 0. The van der Waals surface area contributed by atoms with E-state index < -0.39 is 0 Å². The van der Waals surface area contributed by atoms with E-state index in [1.807, 2.05) is 48.5 Å². The van der Waals surface area contributed by atoms with E-state index in [-0.39, 0.29) is 0 Å². The highest BCUT2D eigenvalue weighted by molar-refractivity contribution is 5.83. The zero-order chi connectivity index (χ0) is 13.0. The molecule has 0 aliphatic carbocycles. The van der Waals surface area contributed by atoms with Gasteiger partial charge in [0, 0.05) is 11.4 Å². The minimum atomic E-state index is 0.708. The molecule has 0 radical (unpaired) electrons. The fraction of sp³-hybridized carbons (Fsp3) is 0. The van der Waals surface area contributed by atoms with Crippen molar-refractivity contribution in [3.05, 3.63) is 65.7 Å². The van der Waals surface area contributed by atoms with Crippen LogP contribution >= 0.6 is 0 Å². The second-order valence-electron chi connectivity index (χ2n) is 3.98. The maximum Gasteiger partial charge on any atom is 0.0320 e. The predicted molar refractivity (Wildman–Crippen MR) is 77.6 cm³/mol. The molecule has 0 fully saturated rings. The van der Waals surface area contributed by atoms with Gasteiger partial charge in [0.15, 0.2) is 0 Å². The van der Waals surface area contributed by atoms with Crippen LogP contribution in [0.2, 0.25) is 0 Å². The lowest BCUT2D eigenvalue weighted by molar-refractivity contribution is 1.54. The van der Waals surface area contributed by atoms with Crippen LogP contribution in [0.15, 0.2) is 54.6 Å². The lowest BCUT2D eigenvalue weighted by atomic mass is 9.97. The van der Waals surface area contributed by atoms with Gasteiger partial charge in [0.05, 0.1) is 0 Å². The van der Waals surface area contributed by atoms with E-state index >= 15 is 0 Å². The van der Waals surface area contributed by atoms with Gasteiger partial charge in [-0.25, -0.2) is 0 Å². The molecule has 0 aromatic heterocycles. The van der Waals surface area contributed by atoms with Crippen molar-refractivity contribution in [3.63, 3.8) is 0 Å². The van der Waals surface area contributed by atoms with Crippen LogP contribution in [0.5, 0.6) is 0 Å². The quantitative estimate of drug-likeness (QED) is 0.620. The molecule has 88 valence electrons. The third-order valence-electron chi connectivity index (χ3n) is 2.62. The molecule has 0 atom stereocenters. The highest BCUT2D eigenvalue weighted by Gasteiger charge is 2.05. The van der Waals surface area contributed by atoms with Crippen molar-refractivity contribution in [2.75, 3.05) is 11.5 Å². The molecule has 0 amide bonds. The van der Waals surface area contributed by atoms with Crippen LogP contribution in [0, 0.1) is 12.3 Å². The molecular formula is C16H14N2. The number of terminal acetylenes is 1. The molecular weight excluding hydrogens is 220 g/mol. The van der Waals surface area contributed by atoms with Crippen LogP contribution in [-0.4, -0.2) is 0 Å². The summed E-state index contributed by atoms with van der Waals surface area (Å²) in [5, 5.41) is 0. The van der Waals surface area contributed by atoms with Crippen molar-refractivity contribution < 1.29 is 0 Å². The zero-order valence-corrected chi connectivity index (χ0v) is 9.93. The molecule has 18 heavy (non-hydrogen) atoms. The number of benzene rings is 2. The SMILES string of the molecule is C#CC=C(c1cccc(N)c1)c1cccc(N)c1. The normalized spacial score (nSPS) is 9.50. The third kappa shape index (κ3) is 2.53. The van der Waals surface area contributed by atoms with Crippen LogP contribution < -0.4 is 11.5 Å². The van der Waals surface area contributed by atoms with Gasteiger partial charge in [0.1, 0.15) is 0 Å². The smallest absolute Gasteiger partial charge is 0.0320 e. The number of nitrogen functional groups attached to an aromatic ring is 2. The first kappa shape index (κ1) is 11.8. The fourth-order valence-corrected chi connectivity index (χ4v) is 1.83. The lowest BCUT2D eigenvalue weighted by Crippen LogP contribution is -1.92. The molecule has 0 spiro atoms. The van der Waals surface area contributed by atoms with Gasteiger partial charge in [0.25, 0.3) is 0 Å². The van der Waals surface area contributed by atoms with Crippen molar-refractivity contribution in [1.82, 2.24) is 0 Å². The Balaban J connectivity index is 2.55. The largest absolute Gasteiger partial charge is 0.399 e. The average molecular weight is 234 g/mol. The Bertz CT molecular complexity index is 586. The Labute approximate surface area is 107 Å². The average Bonchev–Trinajstić information content (AvgIpc) is 2.36. The molecule has 2 aromatic rings. The highest BCUT2D eigenvalue weighted by Crippen LogP contribution is 2.25. The summed E-state index contributed by atoms with van der Waals surface area (Å²) in [6.45, 7) is 0. The Morgan fingerprint density at radius 2 is 1.44 bits per heavy atom. The molecule has 2 nitrogen and oxygen atoms in total. The van der Waals surface area contributed by atoms with Gasteiger partial charge in [-0.3, -0.25) is 0 Å². The molecule has 0 saturated heterocycles. The number of allylic oxidation sites excluding steroid dienone is 1. The van der Waals surface area contributed by atoms with E-state index in [2.05, 4.69) is 5.92 Å². The summed E-state index contributed by atoms with van der Waals surface area (Å²) in [6, 6.07) is 15.2. The van der Waals surface area contributed by atoms with E-state index in [4.69, 9.17) is 17.9 Å². The van der Waals surface area contributed by atoms with Gasteiger partial charge >= 0.3 is 0 Å². The van der Waals surface area contributed by atoms with Gasteiger partial charge in [-0.1, -0.05) is 30.2 Å². The summed E-state index contributed by atoms with van der Waals surface area (Å²) in [5.74, 6) is 2.56. The molecule has 0 aliphatic heterocycles. The number of hydrogen-bond acceptors (Lipinski definition) is 2. The molecule has 0 unspecified atom stereocenters. The predicted octanol–water partition coefficient (Wildman–Crippen LogP) is 2.92. The zero-order valence-electron chi connectivity index (χ0n) is 9.93. The Kier molecular flexibility index (Phi) is 3.36. The van der Waals surface area contributed by atoms with Crippen molar-refractivity contribution in [3.8, 4) is 12.3 Å². The topological polar surface area (TPSA) is 52.0 Å². The summed E-state index contributed by atoms with van der Waals surface area (Å²) < 4.78 is 0. The van der Waals surface area contributed by atoms with E-state index in [9.17, 15) is 0 Å². The van der Waals surface area contributed by atoms with E-state index in [0.29, 0.717) is 11.4 Å². The van der Waals surface area contributed by atoms with E-state index in [1.165, 1.54) is 0 Å². The standard InChI is InChI=1S/C16H14N2/c1-2-5-16(12-6-3-8-14(17)10-12)13-7-4-9-15(18)11-13/h1,3-11H,17-18H2. The number of anilines is 2. The molecule has 0 aliphatic rings. The summed E-state index contributed by atoms with van der Waals surface area (Å²) >= 11 is 0. The van der Waals surface area contributed by atoms with Crippen molar-refractivity contribution in [2.24, 2.45) is 0 Å². The first-order valence-corrected chi connectivity index (χ1v) is 5.59. The Morgan fingerprint density at radius 1 is 0.944 bits per heavy atom. The molecule has 2 rings (SSSR count). The van der Waals surface area contributed by atoms with Gasteiger partial charge in [-0.15, -0.1) is 6.42 Å². The van der Waals surface area contributed by atoms with Gasteiger partial charge < -0.3 is 11.5 Å². The van der Waals surface area contributed by atoms with Gasteiger partial charge in [0.2, 0.25) is 0 Å². The van der Waals surface area contributed by atoms with Crippen LogP contribution in [0.25, 0.3) is 5.57 Å². The van der Waals surface area contributed by atoms with Crippen LogP contribution in [0.1, 0.15) is 11.1 Å². The number of hydrogen-bond donors (Lipinski definition) is 2. The third-order valence-corrected chi connectivity index (χ3v) is 2.62. The highest BCUT2D eigenvalue weighted by atomic mass is 14.5. The molecule has 4 N–H and O–H groups in total. The Hall–Kier alpha value is -2.66. The summed E-state index contributed by atoms with van der Waals surface area (Å²) in [5.41, 5.74) is 15.9. The van der Waals surface area contributed by atoms with Crippen LogP contribution in [0.4, 0.5) is 11.4 Å². The molecule has 0 bridgehead atoms. The van der Waals surface area contributed by atoms with Gasteiger partial charge in [-0.2, -0.15) is 0 Å². The molecule has 0 saturated carbocycles. The number of nitrogens with two attached hydrogens (primary N) is 2. The fourth-order valence-electron chi connectivity index (χ4n) is 1.83. The monoisotopic (exact) mass is 234 g/mol. The molecule has 2 heteroatoms. The Morgan fingerprint density at radius 3 is 1.83 bits per heavy atom. The molecule has 2 aromatic carbocycles. The second-order valence-corrected chi connectivity index (χ2v) is 3.98. The first-order chi connectivity index (χ1) is 8.70. The number of rotatable bonds is 2. The van der Waals surface area contributed by atoms with E-state index in [0.717, 1.165) is 16.7 Å². The summed E-state index contributed by atoms with van der Waals surface area (Å²) in [6.07, 6.45) is 7.12. The maximum atomic E-state index is 5.80. The maximum absolute atomic E-state index is 5.80. The minimum Gasteiger partial charge on any atom is -0.399 e. The lowest BCUT2D eigenvalue weighted by Gasteiger charge is -2.08. The summed E-state index contributed by atoms with van der Waals surface area (Å²) in [7, 11) is 0. The van der Waals surface area contributed by atoms with Crippen LogP contribution in [0.3, 0.4) is 0 Å². The molecule has 0 heterocycles. The van der Waals surface area contributed by atoms with Crippen LogP contribution in [-0.2, 0) is 0 Å². The van der Waals surface area contributed by atoms with Crippen molar-refractivity contribution in [2.45, 2.75) is 0 Å². The van der Waals surface area contributed by atoms with E-state index in [1.54, 1.807) is 6.08 Å². The van der Waals surface area contributed by atoms with Gasteiger partial charge in [-0.05, 0) is 47.0 Å². The second kappa shape index (κ2) is 5.11. The first-order valence-electron chi connectivity index (χ1n) is 5.59. The van der Waals surface area contributed by atoms with Crippen molar-refractivity contribution >= 4 is 16.9 Å². The minimum absolute atomic E-state index is 0.708.